The fourth-order valence-corrected chi connectivity index (χ4v) is 3.11. The third-order valence-electron chi connectivity index (χ3n) is 3.50. The third-order valence-corrected chi connectivity index (χ3v) is 5.04. The largest absolute Gasteiger partial charge is 0.455 e. The van der Waals surface area contributed by atoms with Crippen LogP contribution >= 0.6 is 15.9 Å². The molecule has 29 heavy (non-hydrogen) atoms. The molecule has 154 valence electrons. The Balaban J connectivity index is 1.78. The first-order valence-corrected chi connectivity index (χ1v) is 10.6. The Bertz CT molecular complexity index is 1020. The molecule has 0 saturated heterocycles. The van der Waals surface area contributed by atoms with E-state index in [1.54, 1.807) is 12.1 Å². The lowest BCUT2D eigenvalue weighted by molar-refractivity contribution is -0.146. The van der Waals surface area contributed by atoms with Crippen molar-refractivity contribution >= 4 is 49.6 Å². The SMILES string of the molecule is Cc1ccc(C=CS(=O)(=O)NCC(=O)OCC(=O)Nc2ccc(Br)cc2F)cc1. The van der Waals surface area contributed by atoms with Gasteiger partial charge in [-0.05, 0) is 36.8 Å². The van der Waals surface area contributed by atoms with Crippen LogP contribution in [0.25, 0.3) is 6.08 Å². The minimum atomic E-state index is -3.87. The molecule has 0 unspecified atom stereocenters. The number of sulfonamides is 1. The molecule has 10 heteroatoms. The molecule has 0 radical (unpaired) electrons. The molecule has 0 heterocycles. The second-order valence-electron chi connectivity index (χ2n) is 5.91. The van der Waals surface area contributed by atoms with Gasteiger partial charge in [0.2, 0.25) is 10.0 Å². The maximum Gasteiger partial charge on any atom is 0.321 e. The van der Waals surface area contributed by atoms with Crippen LogP contribution in [-0.2, 0) is 24.3 Å². The third kappa shape index (κ3) is 8.14. The zero-order valence-electron chi connectivity index (χ0n) is 15.3. The number of aryl methyl sites for hydroxylation is 1. The van der Waals surface area contributed by atoms with Crippen molar-refractivity contribution in [1.82, 2.24) is 4.72 Å². The van der Waals surface area contributed by atoms with Crippen molar-refractivity contribution in [3.63, 3.8) is 0 Å². The lowest BCUT2D eigenvalue weighted by atomic mass is 10.2. The zero-order valence-corrected chi connectivity index (χ0v) is 17.7. The van der Waals surface area contributed by atoms with Gasteiger partial charge in [0.25, 0.3) is 5.91 Å². The van der Waals surface area contributed by atoms with Gasteiger partial charge in [-0.3, -0.25) is 9.59 Å². The van der Waals surface area contributed by atoms with Crippen molar-refractivity contribution in [2.75, 3.05) is 18.5 Å². The highest BCUT2D eigenvalue weighted by atomic mass is 79.9. The minimum Gasteiger partial charge on any atom is -0.455 e. The summed E-state index contributed by atoms with van der Waals surface area (Å²) in [5.74, 6) is -2.38. The number of nitrogens with one attached hydrogen (secondary N) is 2. The van der Waals surface area contributed by atoms with E-state index in [-0.39, 0.29) is 5.69 Å². The van der Waals surface area contributed by atoms with Gasteiger partial charge in [-0.15, -0.1) is 0 Å². The molecule has 0 saturated carbocycles. The minimum absolute atomic E-state index is 0.0730. The summed E-state index contributed by atoms with van der Waals surface area (Å²) in [6.45, 7) is 0.572. The second-order valence-corrected chi connectivity index (χ2v) is 8.48. The lowest BCUT2D eigenvalue weighted by Crippen LogP contribution is -2.31. The Hall–Kier alpha value is -2.56. The van der Waals surface area contributed by atoms with Crippen LogP contribution in [0.3, 0.4) is 0 Å². The van der Waals surface area contributed by atoms with Crippen molar-refractivity contribution in [1.29, 1.82) is 0 Å². The zero-order chi connectivity index (χ0) is 21.4. The summed E-state index contributed by atoms with van der Waals surface area (Å²) in [5, 5.41) is 3.17. The number of hydrogen-bond acceptors (Lipinski definition) is 5. The van der Waals surface area contributed by atoms with E-state index in [9.17, 15) is 22.4 Å². The highest BCUT2D eigenvalue weighted by molar-refractivity contribution is 9.10. The fraction of sp³-hybridized carbons (Fsp3) is 0.158. The second kappa shape index (κ2) is 10.3. The van der Waals surface area contributed by atoms with Crippen molar-refractivity contribution in [2.24, 2.45) is 0 Å². The van der Waals surface area contributed by atoms with Gasteiger partial charge >= 0.3 is 5.97 Å². The summed E-state index contributed by atoms with van der Waals surface area (Å²) in [5.41, 5.74) is 1.65. The van der Waals surface area contributed by atoms with Gasteiger partial charge in [0, 0.05) is 9.88 Å². The van der Waals surface area contributed by atoms with E-state index in [1.807, 2.05) is 23.8 Å². The summed E-state index contributed by atoms with van der Waals surface area (Å²) in [7, 11) is -3.87. The molecule has 0 fully saturated rings. The highest BCUT2D eigenvalue weighted by Crippen LogP contribution is 2.19. The maximum absolute atomic E-state index is 13.6. The number of ether oxygens (including phenoxy) is 1. The number of amides is 1. The summed E-state index contributed by atoms with van der Waals surface area (Å²) < 4.78 is 44.6. The average Bonchev–Trinajstić information content (AvgIpc) is 2.67. The van der Waals surface area contributed by atoms with Crippen molar-refractivity contribution in [2.45, 2.75) is 6.92 Å². The molecular weight excluding hydrogens is 467 g/mol. The topological polar surface area (TPSA) is 102 Å². The average molecular weight is 485 g/mol. The predicted molar refractivity (Wildman–Crippen MR) is 111 cm³/mol. The Labute approximate surface area is 176 Å². The summed E-state index contributed by atoms with van der Waals surface area (Å²) >= 11 is 3.09. The lowest BCUT2D eigenvalue weighted by Gasteiger charge is -2.08. The molecule has 2 aromatic carbocycles. The van der Waals surface area contributed by atoms with E-state index in [1.165, 1.54) is 24.3 Å². The number of halogens is 2. The number of rotatable bonds is 8. The Kier molecular flexibility index (Phi) is 8.06. The molecule has 0 aliphatic carbocycles. The van der Waals surface area contributed by atoms with Gasteiger partial charge in [0.15, 0.2) is 6.61 Å². The standard InChI is InChI=1S/C19H18BrFN2O5S/c1-13-2-4-14(5-3-13)8-9-29(26,27)22-11-19(25)28-12-18(24)23-17-7-6-15(20)10-16(17)21/h2-10,22H,11-12H2,1H3,(H,23,24). The van der Waals surface area contributed by atoms with Crippen LogP contribution in [0.2, 0.25) is 0 Å². The first-order valence-electron chi connectivity index (χ1n) is 8.29. The first-order chi connectivity index (χ1) is 13.6. The number of anilines is 1. The van der Waals surface area contributed by atoms with Gasteiger partial charge in [0.1, 0.15) is 12.4 Å². The fourth-order valence-electron chi connectivity index (χ4n) is 2.03. The summed E-state index contributed by atoms with van der Waals surface area (Å²) in [4.78, 5) is 23.4. The predicted octanol–water partition coefficient (Wildman–Crippen LogP) is 2.97. The smallest absolute Gasteiger partial charge is 0.321 e. The van der Waals surface area contributed by atoms with Crippen molar-refractivity contribution in [3.05, 3.63) is 69.3 Å². The van der Waals surface area contributed by atoms with Gasteiger partial charge in [-0.25, -0.2) is 17.5 Å². The molecule has 7 nitrogen and oxygen atoms in total. The van der Waals surface area contributed by atoms with Crippen LogP contribution in [-0.4, -0.2) is 33.4 Å². The monoisotopic (exact) mass is 484 g/mol. The molecule has 0 bridgehead atoms. The Morgan fingerprint density at radius 2 is 1.86 bits per heavy atom. The van der Waals surface area contributed by atoms with Gasteiger partial charge in [-0.1, -0.05) is 45.8 Å². The van der Waals surface area contributed by atoms with Crippen LogP contribution in [0.4, 0.5) is 10.1 Å². The van der Waals surface area contributed by atoms with Crippen LogP contribution in [0.5, 0.6) is 0 Å². The number of benzene rings is 2. The van der Waals surface area contributed by atoms with E-state index < -0.39 is 40.9 Å². The molecule has 2 rings (SSSR count). The van der Waals surface area contributed by atoms with Crippen LogP contribution in [0, 0.1) is 12.7 Å². The van der Waals surface area contributed by atoms with Crippen LogP contribution in [0.15, 0.2) is 52.3 Å². The summed E-state index contributed by atoms with van der Waals surface area (Å²) in [6.07, 6.45) is 1.38. The van der Waals surface area contributed by atoms with Crippen LogP contribution in [0.1, 0.15) is 11.1 Å². The van der Waals surface area contributed by atoms with Crippen molar-refractivity contribution in [3.8, 4) is 0 Å². The van der Waals surface area contributed by atoms with Gasteiger partial charge in [0.05, 0.1) is 5.69 Å². The van der Waals surface area contributed by atoms with E-state index in [0.717, 1.165) is 11.0 Å². The molecule has 2 aromatic rings. The molecule has 2 N–H and O–H groups in total. The van der Waals surface area contributed by atoms with Gasteiger partial charge in [-0.2, -0.15) is 0 Å². The van der Waals surface area contributed by atoms with Gasteiger partial charge < -0.3 is 10.1 Å². The molecule has 0 aliphatic rings. The first kappa shape index (κ1) is 22.7. The summed E-state index contributed by atoms with van der Waals surface area (Å²) in [6, 6.07) is 11.2. The van der Waals surface area contributed by atoms with E-state index in [2.05, 4.69) is 26.0 Å². The molecule has 0 aromatic heterocycles. The number of esters is 1. The van der Waals surface area contributed by atoms with Crippen LogP contribution < -0.4 is 10.0 Å². The Morgan fingerprint density at radius 1 is 1.17 bits per heavy atom. The maximum atomic E-state index is 13.6. The van der Waals surface area contributed by atoms with Crippen molar-refractivity contribution < 1.29 is 27.1 Å². The molecule has 0 aliphatic heterocycles. The number of carbonyl (C=O) groups excluding carboxylic acids is 2. The molecular formula is C19H18BrFN2O5S. The van der Waals surface area contributed by atoms with E-state index >= 15 is 0 Å². The Morgan fingerprint density at radius 3 is 2.52 bits per heavy atom. The quantitative estimate of drug-likeness (QED) is 0.560. The molecule has 0 atom stereocenters. The van der Waals surface area contributed by atoms with E-state index in [4.69, 9.17) is 0 Å². The number of hydrogen-bond donors (Lipinski definition) is 2. The molecule has 0 spiro atoms. The number of carbonyl (C=O) groups is 2. The normalized spacial score (nSPS) is 11.4. The molecule has 1 amide bonds. The highest BCUT2D eigenvalue weighted by Gasteiger charge is 2.13. The van der Waals surface area contributed by atoms with E-state index in [0.29, 0.717) is 10.0 Å².